The Morgan fingerprint density at radius 1 is 1.25 bits per heavy atom. The maximum absolute atomic E-state index is 10.4. The van der Waals surface area contributed by atoms with Crippen molar-refractivity contribution in [2.45, 2.75) is 0 Å². The molecule has 0 unspecified atom stereocenters. The third-order valence-corrected chi connectivity index (χ3v) is 1.05. The summed E-state index contributed by atoms with van der Waals surface area (Å²) in [7, 11) is 0. The van der Waals surface area contributed by atoms with Crippen LogP contribution in [0.5, 0.6) is 0 Å². The highest BCUT2D eigenvalue weighted by Crippen LogP contribution is 1.84. The summed E-state index contributed by atoms with van der Waals surface area (Å²) >= 11 is 0. The number of nitrogens with zero attached hydrogens (tertiary/aromatic N) is 2. The predicted octanol–water partition coefficient (Wildman–Crippen LogP) is -2.22. The smallest absolute Gasteiger partial charge is 0.231 e. The molecule has 66 valence electrons. The third kappa shape index (κ3) is 5.20. The summed E-state index contributed by atoms with van der Waals surface area (Å²) in [6.07, 6.45) is 0. The predicted molar refractivity (Wildman–Crippen MR) is 40.4 cm³/mol. The average molecular weight is 170 g/mol. The number of hydrogen-bond donors (Lipinski definition) is 2. The van der Waals surface area contributed by atoms with E-state index in [4.69, 9.17) is 16.7 Å². The fourth-order valence-electron chi connectivity index (χ4n) is 0.708. The van der Waals surface area contributed by atoms with Gasteiger partial charge in [-0.1, -0.05) is 0 Å². The van der Waals surface area contributed by atoms with Gasteiger partial charge in [0.25, 0.3) is 0 Å². The zero-order chi connectivity index (χ0) is 9.56. The van der Waals surface area contributed by atoms with E-state index < -0.39 is 11.8 Å². The molecule has 0 aromatic heterocycles. The van der Waals surface area contributed by atoms with E-state index in [0.717, 1.165) is 0 Å². The standard InChI is InChI=1S/C6H10N4O2/c7-1-2-10(3-5(8)11)4-6(9)12/h2-4H2,(H2,8,11)(H2,9,12). The highest BCUT2D eigenvalue weighted by Gasteiger charge is 2.09. The van der Waals surface area contributed by atoms with E-state index in [-0.39, 0.29) is 19.6 Å². The van der Waals surface area contributed by atoms with Gasteiger partial charge < -0.3 is 11.5 Å². The maximum atomic E-state index is 10.4. The van der Waals surface area contributed by atoms with Crippen LogP contribution in [0.25, 0.3) is 0 Å². The van der Waals surface area contributed by atoms with Gasteiger partial charge in [-0.25, -0.2) is 0 Å². The lowest BCUT2D eigenvalue weighted by Gasteiger charge is -2.13. The zero-order valence-corrected chi connectivity index (χ0v) is 6.49. The first-order chi connectivity index (χ1) is 5.56. The summed E-state index contributed by atoms with van der Waals surface area (Å²) in [6.45, 7) is -0.293. The van der Waals surface area contributed by atoms with E-state index in [1.807, 2.05) is 0 Å². The number of primary amides is 2. The summed E-state index contributed by atoms with van der Waals surface area (Å²) in [5, 5.41) is 8.27. The number of amides is 2. The Kier molecular flexibility index (Phi) is 4.41. The van der Waals surface area contributed by atoms with E-state index in [1.54, 1.807) is 6.07 Å². The molecule has 6 nitrogen and oxygen atoms in total. The van der Waals surface area contributed by atoms with Crippen LogP contribution in [0.3, 0.4) is 0 Å². The Bertz CT molecular complexity index is 204. The van der Waals surface area contributed by atoms with Crippen molar-refractivity contribution in [1.82, 2.24) is 4.90 Å². The molecule has 0 saturated carbocycles. The molecule has 0 fully saturated rings. The summed E-state index contributed by atoms with van der Waals surface area (Å²) < 4.78 is 0. The lowest BCUT2D eigenvalue weighted by Crippen LogP contribution is -2.39. The van der Waals surface area contributed by atoms with Crippen molar-refractivity contribution in [3.8, 4) is 6.07 Å². The molecule has 0 aromatic carbocycles. The van der Waals surface area contributed by atoms with Crippen LogP contribution in [0.1, 0.15) is 0 Å². The monoisotopic (exact) mass is 170 g/mol. The Morgan fingerprint density at radius 2 is 1.67 bits per heavy atom. The molecular formula is C6H10N4O2. The number of rotatable bonds is 5. The molecule has 0 aliphatic rings. The largest absolute Gasteiger partial charge is 0.369 e. The van der Waals surface area contributed by atoms with Crippen LogP contribution in [-0.4, -0.2) is 36.3 Å². The normalized spacial score (nSPS) is 9.33. The molecule has 0 saturated heterocycles. The number of carbonyl (C=O) groups excluding carboxylic acids is 2. The van der Waals surface area contributed by atoms with Crippen molar-refractivity contribution >= 4 is 11.8 Å². The average Bonchev–Trinajstić information content (AvgIpc) is 1.84. The highest BCUT2D eigenvalue weighted by atomic mass is 16.2. The molecule has 0 radical (unpaired) electrons. The molecule has 0 aromatic rings. The fourth-order valence-corrected chi connectivity index (χ4v) is 0.708. The molecule has 0 spiro atoms. The van der Waals surface area contributed by atoms with Gasteiger partial charge in [0.05, 0.1) is 25.7 Å². The summed E-state index contributed by atoms with van der Waals surface area (Å²) in [5.74, 6) is -1.18. The molecule has 0 bridgehead atoms. The molecule has 0 atom stereocenters. The minimum atomic E-state index is -0.591. The number of nitriles is 1. The van der Waals surface area contributed by atoms with Crippen LogP contribution in [0.2, 0.25) is 0 Å². The van der Waals surface area contributed by atoms with Gasteiger partial charge in [-0.05, 0) is 0 Å². The molecule has 0 rings (SSSR count). The molecule has 0 aliphatic carbocycles. The summed E-state index contributed by atoms with van der Waals surface area (Å²) in [5.41, 5.74) is 9.71. The van der Waals surface area contributed by atoms with E-state index in [0.29, 0.717) is 0 Å². The minimum Gasteiger partial charge on any atom is -0.369 e. The van der Waals surface area contributed by atoms with Crippen molar-refractivity contribution in [3.63, 3.8) is 0 Å². The van der Waals surface area contributed by atoms with Gasteiger partial charge in [-0.3, -0.25) is 14.5 Å². The first-order valence-electron chi connectivity index (χ1n) is 3.22. The lowest BCUT2D eigenvalue weighted by molar-refractivity contribution is -0.121. The molecule has 6 heteroatoms. The molecule has 0 heterocycles. The van der Waals surface area contributed by atoms with Gasteiger partial charge in [-0.15, -0.1) is 0 Å². The van der Waals surface area contributed by atoms with Crippen LogP contribution >= 0.6 is 0 Å². The Morgan fingerprint density at radius 3 is 1.92 bits per heavy atom. The number of carbonyl (C=O) groups is 2. The Hall–Kier alpha value is -1.61. The van der Waals surface area contributed by atoms with Crippen LogP contribution in [0.15, 0.2) is 0 Å². The lowest BCUT2D eigenvalue weighted by atomic mass is 10.4. The van der Waals surface area contributed by atoms with Gasteiger partial charge in [0.1, 0.15) is 0 Å². The topological polar surface area (TPSA) is 113 Å². The van der Waals surface area contributed by atoms with Gasteiger partial charge in [-0.2, -0.15) is 5.26 Å². The molecule has 0 aliphatic heterocycles. The van der Waals surface area contributed by atoms with Gasteiger partial charge in [0.15, 0.2) is 0 Å². The molecule has 12 heavy (non-hydrogen) atoms. The van der Waals surface area contributed by atoms with Crippen molar-refractivity contribution < 1.29 is 9.59 Å². The van der Waals surface area contributed by atoms with Crippen LogP contribution in [0, 0.1) is 11.3 Å². The van der Waals surface area contributed by atoms with Crippen molar-refractivity contribution in [1.29, 1.82) is 5.26 Å². The molecular weight excluding hydrogens is 160 g/mol. The third-order valence-electron chi connectivity index (χ3n) is 1.05. The Labute approximate surface area is 69.7 Å². The second kappa shape index (κ2) is 5.09. The number of hydrogen-bond acceptors (Lipinski definition) is 4. The van der Waals surface area contributed by atoms with Crippen LogP contribution < -0.4 is 11.5 Å². The van der Waals surface area contributed by atoms with Crippen molar-refractivity contribution in [2.24, 2.45) is 11.5 Å². The molecule has 4 N–H and O–H groups in total. The second-order valence-corrected chi connectivity index (χ2v) is 2.24. The van der Waals surface area contributed by atoms with Gasteiger partial charge in [0.2, 0.25) is 11.8 Å². The van der Waals surface area contributed by atoms with E-state index in [9.17, 15) is 9.59 Å². The van der Waals surface area contributed by atoms with E-state index in [2.05, 4.69) is 0 Å². The fraction of sp³-hybridized carbons (Fsp3) is 0.500. The summed E-state index contributed by atoms with van der Waals surface area (Å²) in [6, 6.07) is 1.79. The second-order valence-electron chi connectivity index (χ2n) is 2.24. The zero-order valence-electron chi connectivity index (χ0n) is 6.49. The first-order valence-corrected chi connectivity index (χ1v) is 3.22. The van der Waals surface area contributed by atoms with Crippen LogP contribution in [-0.2, 0) is 9.59 Å². The van der Waals surface area contributed by atoms with Crippen LogP contribution in [0.4, 0.5) is 0 Å². The van der Waals surface area contributed by atoms with Crippen molar-refractivity contribution in [3.05, 3.63) is 0 Å². The molecule has 2 amide bonds. The van der Waals surface area contributed by atoms with Gasteiger partial charge >= 0.3 is 0 Å². The first kappa shape index (κ1) is 10.4. The minimum absolute atomic E-state index is 0.0358. The summed E-state index contributed by atoms with van der Waals surface area (Å²) in [4.78, 5) is 22.0. The number of nitrogens with two attached hydrogens (primary N) is 2. The van der Waals surface area contributed by atoms with Gasteiger partial charge in [0, 0.05) is 0 Å². The van der Waals surface area contributed by atoms with Crippen molar-refractivity contribution in [2.75, 3.05) is 19.6 Å². The Balaban J connectivity index is 3.96. The SMILES string of the molecule is N#CCN(CC(N)=O)CC(N)=O. The highest BCUT2D eigenvalue weighted by molar-refractivity contribution is 5.79. The maximum Gasteiger partial charge on any atom is 0.231 e. The van der Waals surface area contributed by atoms with E-state index >= 15 is 0 Å². The quantitative estimate of drug-likeness (QED) is 0.455. The van der Waals surface area contributed by atoms with E-state index in [1.165, 1.54) is 4.90 Å².